The van der Waals surface area contributed by atoms with Crippen LogP contribution in [0, 0.1) is 5.92 Å². The Hall–Kier alpha value is 0.240. The van der Waals surface area contributed by atoms with Crippen LogP contribution in [-0.4, -0.2) is 5.11 Å². The minimum atomic E-state index is -0.485. The molecule has 0 bridgehead atoms. The summed E-state index contributed by atoms with van der Waals surface area (Å²) in [7, 11) is 0. The van der Waals surface area contributed by atoms with Gasteiger partial charge in [0, 0.05) is 5.56 Å². The molecule has 2 unspecified atom stereocenters. The molecule has 0 aromatic carbocycles. The van der Waals surface area contributed by atoms with E-state index >= 15 is 0 Å². The van der Waals surface area contributed by atoms with E-state index in [4.69, 9.17) is 23.2 Å². The van der Waals surface area contributed by atoms with Gasteiger partial charge in [-0.05, 0) is 18.4 Å². The molecule has 0 aliphatic carbocycles. The Labute approximate surface area is 98.7 Å². The molecule has 0 radical (unpaired) electrons. The zero-order valence-electron chi connectivity index (χ0n) is 8.26. The van der Waals surface area contributed by atoms with E-state index in [0.29, 0.717) is 14.6 Å². The summed E-state index contributed by atoms with van der Waals surface area (Å²) in [5.41, 5.74) is 0.766. The predicted octanol–water partition coefficient (Wildman–Crippen LogP) is 4.52. The van der Waals surface area contributed by atoms with Gasteiger partial charge in [0.05, 0.1) is 10.4 Å². The highest BCUT2D eigenvalue weighted by Crippen LogP contribution is 2.37. The summed E-state index contributed by atoms with van der Waals surface area (Å²) in [6.07, 6.45) is 1.32. The van der Waals surface area contributed by atoms with Gasteiger partial charge in [-0.3, -0.25) is 0 Å². The fourth-order valence-corrected chi connectivity index (χ4v) is 2.82. The molecule has 1 heterocycles. The van der Waals surface area contributed by atoms with Gasteiger partial charge in [0.2, 0.25) is 0 Å². The van der Waals surface area contributed by atoms with E-state index in [9.17, 15) is 5.11 Å². The number of thiophene rings is 1. The minimum Gasteiger partial charge on any atom is -0.388 e. The predicted molar refractivity (Wildman–Crippen MR) is 63.4 cm³/mol. The highest BCUT2D eigenvalue weighted by molar-refractivity contribution is 7.20. The van der Waals surface area contributed by atoms with Crippen LogP contribution in [0.3, 0.4) is 0 Å². The average Bonchev–Trinajstić information content (AvgIpc) is 2.45. The van der Waals surface area contributed by atoms with E-state index in [1.54, 1.807) is 6.07 Å². The highest BCUT2D eigenvalue weighted by Gasteiger charge is 2.16. The summed E-state index contributed by atoms with van der Waals surface area (Å²) in [5, 5.41) is 9.88. The average molecular weight is 253 g/mol. The molecule has 14 heavy (non-hydrogen) atoms. The first kappa shape index (κ1) is 12.3. The van der Waals surface area contributed by atoms with Crippen LogP contribution < -0.4 is 0 Å². The molecule has 2 atom stereocenters. The van der Waals surface area contributed by atoms with Crippen molar-refractivity contribution in [1.29, 1.82) is 0 Å². The number of halogens is 2. The van der Waals surface area contributed by atoms with Crippen LogP contribution in [0.25, 0.3) is 0 Å². The standard InChI is InChI=1S/C10H14Cl2OS/c1-3-6(2)4-8(13)7-5-9(11)14-10(7)12/h5-6,8,13H,3-4H2,1-2H3. The van der Waals surface area contributed by atoms with Gasteiger partial charge < -0.3 is 5.11 Å². The van der Waals surface area contributed by atoms with E-state index < -0.39 is 6.10 Å². The van der Waals surface area contributed by atoms with Gasteiger partial charge in [0.25, 0.3) is 0 Å². The second-order valence-electron chi connectivity index (χ2n) is 3.54. The maximum atomic E-state index is 9.88. The summed E-state index contributed by atoms with van der Waals surface area (Å²) in [6.45, 7) is 4.23. The maximum Gasteiger partial charge on any atom is 0.100 e. The summed E-state index contributed by atoms with van der Waals surface area (Å²) in [6, 6.07) is 1.75. The van der Waals surface area contributed by atoms with Crippen molar-refractivity contribution in [2.75, 3.05) is 0 Å². The quantitative estimate of drug-likeness (QED) is 0.836. The zero-order chi connectivity index (χ0) is 10.7. The molecule has 0 saturated heterocycles. The molecular weight excluding hydrogens is 239 g/mol. The number of aliphatic hydroxyl groups excluding tert-OH is 1. The molecular formula is C10H14Cl2OS. The molecule has 0 spiro atoms. The smallest absolute Gasteiger partial charge is 0.100 e. The molecule has 4 heteroatoms. The van der Waals surface area contributed by atoms with E-state index in [2.05, 4.69) is 13.8 Å². The van der Waals surface area contributed by atoms with Crippen molar-refractivity contribution in [3.63, 3.8) is 0 Å². The van der Waals surface area contributed by atoms with Crippen molar-refractivity contribution in [1.82, 2.24) is 0 Å². The Morgan fingerprint density at radius 1 is 1.50 bits per heavy atom. The summed E-state index contributed by atoms with van der Waals surface area (Å²) in [4.78, 5) is 0. The van der Waals surface area contributed by atoms with Gasteiger partial charge in [-0.2, -0.15) is 0 Å². The van der Waals surface area contributed by atoms with Crippen molar-refractivity contribution >= 4 is 34.5 Å². The third kappa shape index (κ3) is 3.13. The first-order chi connectivity index (χ1) is 6.54. The molecule has 1 aromatic rings. The summed E-state index contributed by atoms with van der Waals surface area (Å²) >= 11 is 13.0. The second kappa shape index (κ2) is 5.36. The third-order valence-electron chi connectivity index (χ3n) is 2.36. The Bertz CT molecular complexity index is 298. The Morgan fingerprint density at radius 3 is 2.57 bits per heavy atom. The maximum absolute atomic E-state index is 9.88. The normalized spacial score (nSPS) is 15.5. The van der Waals surface area contributed by atoms with Crippen LogP contribution in [0.5, 0.6) is 0 Å². The van der Waals surface area contributed by atoms with Crippen LogP contribution in [0.15, 0.2) is 6.07 Å². The van der Waals surface area contributed by atoms with E-state index in [0.717, 1.165) is 18.4 Å². The van der Waals surface area contributed by atoms with Gasteiger partial charge in [-0.15, -0.1) is 11.3 Å². The molecule has 0 aliphatic rings. The van der Waals surface area contributed by atoms with Crippen molar-refractivity contribution in [3.8, 4) is 0 Å². The zero-order valence-corrected chi connectivity index (χ0v) is 10.6. The lowest BCUT2D eigenvalue weighted by Gasteiger charge is -2.14. The molecule has 1 rings (SSSR count). The largest absolute Gasteiger partial charge is 0.388 e. The molecule has 1 aromatic heterocycles. The fourth-order valence-electron chi connectivity index (χ4n) is 1.25. The SMILES string of the molecule is CCC(C)CC(O)c1cc(Cl)sc1Cl. The van der Waals surface area contributed by atoms with Crippen LogP contribution in [0.4, 0.5) is 0 Å². The van der Waals surface area contributed by atoms with Crippen molar-refractivity contribution in [3.05, 3.63) is 20.3 Å². The molecule has 1 nitrogen and oxygen atoms in total. The minimum absolute atomic E-state index is 0.485. The van der Waals surface area contributed by atoms with Gasteiger partial charge in [-0.25, -0.2) is 0 Å². The molecule has 0 aliphatic heterocycles. The third-order valence-corrected chi connectivity index (χ3v) is 3.88. The molecule has 0 amide bonds. The monoisotopic (exact) mass is 252 g/mol. The van der Waals surface area contributed by atoms with Crippen molar-refractivity contribution < 1.29 is 5.11 Å². The lowest BCUT2D eigenvalue weighted by atomic mass is 9.98. The van der Waals surface area contributed by atoms with Crippen LogP contribution >= 0.6 is 34.5 Å². The Morgan fingerprint density at radius 2 is 2.14 bits per heavy atom. The van der Waals surface area contributed by atoms with Gasteiger partial charge in [-0.1, -0.05) is 43.5 Å². The first-order valence-corrected chi connectivity index (χ1v) is 6.24. The number of hydrogen-bond acceptors (Lipinski definition) is 2. The van der Waals surface area contributed by atoms with Crippen LogP contribution in [0.2, 0.25) is 8.67 Å². The van der Waals surface area contributed by atoms with Gasteiger partial charge in [0.15, 0.2) is 0 Å². The lowest BCUT2D eigenvalue weighted by molar-refractivity contribution is 0.147. The number of rotatable bonds is 4. The summed E-state index contributed by atoms with van der Waals surface area (Å²) in [5.74, 6) is 0.500. The van der Waals surface area contributed by atoms with E-state index in [1.165, 1.54) is 11.3 Å². The molecule has 0 saturated carbocycles. The van der Waals surface area contributed by atoms with E-state index in [1.807, 2.05) is 0 Å². The second-order valence-corrected chi connectivity index (χ2v) is 5.83. The topological polar surface area (TPSA) is 20.2 Å². The molecule has 80 valence electrons. The lowest BCUT2D eigenvalue weighted by Crippen LogP contribution is -2.02. The Balaban J connectivity index is 2.69. The molecule has 0 fully saturated rings. The van der Waals surface area contributed by atoms with Crippen molar-refractivity contribution in [2.24, 2.45) is 5.92 Å². The Kier molecular flexibility index (Phi) is 4.71. The van der Waals surface area contributed by atoms with Crippen molar-refractivity contribution in [2.45, 2.75) is 32.8 Å². The van der Waals surface area contributed by atoms with E-state index in [-0.39, 0.29) is 0 Å². The molecule has 1 N–H and O–H groups in total. The van der Waals surface area contributed by atoms with Crippen LogP contribution in [-0.2, 0) is 0 Å². The van der Waals surface area contributed by atoms with Gasteiger partial charge >= 0.3 is 0 Å². The summed E-state index contributed by atoms with van der Waals surface area (Å²) < 4.78 is 1.24. The van der Waals surface area contributed by atoms with Crippen LogP contribution in [0.1, 0.15) is 38.4 Å². The first-order valence-electron chi connectivity index (χ1n) is 4.67. The fraction of sp³-hybridized carbons (Fsp3) is 0.600. The van der Waals surface area contributed by atoms with Gasteiger partial charge in [0.1, 0.15) is 4.34 Å². The highest BCUT2D eigenvalue weighted by atomic mass is 35.5. The number of hydrogen-bond donors (Lipinski definition) is 1. The number of aliphatic hydroxyl groups is 1.